The van der Waals surface area contributed by atoms with Gasteiger partial charge in [-0.25, -0.2) is 0 Å². The van der Waals surface area contributed by atoms with Gasteiger partial charge in [0, 0.05) is 11.4 Å². The summed E-state index contributed by atoms with van der Waals surface area (Å²) >= 11 is 0. The number of para-hydroxylation sites is 1. The molecule has 0 bridgehead atoms. The van der Waals surface area contributed by atoms with E-state index in [1.165, 1.54) is 22.3 Å². The number of benzene rings is 3. The Hall–Kier alpha value is -3.84. The zero-order valence-corrected chi connectivity index (χ0v) is 18.1. The number of hydrogen-bond donors (Lipinski definition) is 0. The molecule has 0 radical (unpaired) electrons. The summed E-state index contributed by atoms with van der Waals surface area (Å²) in [5.41, 5.74) is 9.15. The maximum atomic E-state index is 4.36. The van der Waals surface area contributed by atoms with Crippen LogP contribution in [-0.2, 0) is 0 Å². The van der Waals surface area contributed by atoms with E-state index in [-0.39, 0.29) is 0 Å². The van der Waals surface area contributed by atoms with Crippen molar-refractivity contribution in [2.24, 2.45) is 0 Å². The highest BCUT2D eigenvalue weighted by molar-refractivity contribution is 5.92. The molecule has 0 saturated heterocycles. The number of fused-ring (bicyclic) bond motifs is 1. The molecule has 0 N–H and O–H groups in total. The van der Waals surface area contributed by atoms with Crippen molar-refractivity contribution in [3.63, 3.8) is 0 Å². The largest absolute Gasteiger partial charge is 0.310 e. The van der Waals surface area contributed by atoms with Crippen molar-refractivity contribution < 1.29 is 0 Å². The van der Waals surface area contributed by atoms with Crippen LogP contribution in [0.5, 0.6) is 0 Å². The minimum absolute atomic E-state index is 0.934. The van der Waals surface area contributed by atoms with Crippen molar-refractivity contribution in [3.8, 4) is 11.1 Å². The zero-order valence-electron chi connectivity index (χ0n) is 18.1. The topological polar surface area (TPSA) is 3.24 Å². The second kappa shape index (κ2) is 9.32. The molecule has 0 aliphatic carbocycles. The van der Waals surface area contributed by atoms with Crippen LogP contribution >= 0.6 is 0 Å². The third-order valence-electron chi connectivity index (χ3n) is 5.44. The van der Waals surface area contributed by atoms with Crippen LogP contribution in [0.3, 0.4) is 0 Å². The SMILES string of the molecule is C=C1/C=C\C=C/c2cc(C(/C=C\C)=C/C)c(-c3ccccc3)cc2N1c1ccccc1. The van der Waals surface area contributed by atoms with Crippen LogP contribution in [0.2, 0.25) is 0 Å². The van der Waals surface area contributed by atoms with Gasteiger partial charge in [0.15, 0.2) is 0 Å². The van der Waals surface area contributed by atoms with Crippen molar-refractivity contribution >= 4 is 23.0 Å². The number of nitrogens with zero attached hydrogens (tertiary/aromatic N) is 1. The monoisotopic (exact) mass is 401 g/mol. The van der Waals surface area contributed by atoms with Gasteiger partial charge < -0.3 is 4.90 Å². The molecule has 1 heterocycles. The van der Waals surface area contributed by atoms with Crippen LogP contribution < -0.4 is 4.90 Å². The van der Waals surface area contributed by atoms with Crippen LogP contribution in [-0.4, -0.2) is 0 Å². The highest BCUT2D eigenvalue weighted by Gasteiger charge is 2.19. The van der Waals surface area contributed by atoms with Crippen LogP contribution in [0.15, 0.2) is 122 Å². The van der Waals surface area contributed by atoms with E-state index in [9.17, 15) is 0 Å². The van der Waals surface area contributed by atoms with Gasteiger partial charge in [-0.15, -0.1) is 0 Å². The molecule has 1 aliphatic rings. The molecule has 0 saturated carbocycles. The average molecular weight is 402 g/mol. The fraction of sp³-hybridized carbons (Fsp3) is 0.0667. The molecule has 0 spiro atoms. The highest BCUT2D eigenvalue weighted by atomic mass is 15.1. The summed E-state index contributed by atoms with van der Waals surface area (Å²) in [7, 11) is 0. The number of allylic oxidation sites excluding steroid dienone is 7. The minimum atomic E-state index is 0.934. The Labute approximate surface area is 185 Å². The molecule has 1 aliphatic heterocycles. The van der Waals surface area contributed by atoms with E-state index in [1.54, 1.807) is 0 Å². The van der Waals surface area contributed by atoms with Gasteiger partial charge in [-0.3, -0.25) is 0 Å². The van der Waals surface area contributed by atoms with Gasteiger partial charge in [-0.2, -0.15) is 0 Å². The second-order valence-corrected chi connectivity index (χ2v) is 7.45. The lowest BCUT2D eigenvalue weighted by Gasteiger charge is -2.29. The lowest BCUT2D eigenvalue weighted by atomic mass is 9.90. The number of hydrogen-bond acceptors (Lipinski definition) is 1. The zero-order chi connectivity index (χ0) is 21.6. The average Bonchev–Trinajstić information content (AvgIpc) is 2.81. The van der Waals surface area contributed by atoms with Crippen molar-refractivity contribution in [3.05, 3.63) is 133 Å². The first-order valence-corrected chi connectivity index (χ1v) is 10.6. The molecule has 0 unspecified atom stereocenters. The third kappa shape index (κ3) is 4.22. The minimum Gasteiger partial charge on any atom is -0.310 e. The van der Waals surface area contributed by atoms with E-state index in [2.05, 4.69) is 135 Å². The second-order valence-electron chi connectivity index (χ2n) is 7.45. The van der Waals surface area contributed by atoms with Crippen molar-refractivity contribution in [1.29, 1.82) is 0 Å². The fourth-order valence-corrected chi connectivity index (χ4v) is 3.99. The predicted molar refractivity (Wildman–Crippen MR) is 136 cm³/mol. The van der Waals surface area contributed by atoms with Crippen molar-refractivity contribution in [2.75, 3.05) is 4.90 Å². The van der Waals surface area contributed by atoms with E-state index in [0.29, 0.717) is 0 Å². The smallest absolute Gasteiger partial charge is 0.0540 e. The van der Waals surface area contributed by atoms with E-state index < -0.39 is 0 Å². The maximum Gasteiger partial charge on any atom is 0.0540 e. The first kappa shape index (κ1) is 20.4. The highest BCUT2D eigenvalue weighted by Crippen LogP contribution is 2.41. The standard InChI is InChI=1S/C30H27N/c1-4-14-24(5-2)28-21-26-18-13-12-15-23(3)31(27-19-10-7-11-20-27)30(26)22-29(28)25-16-8-6-9-17-25/h4-22H,3H2,1-2H3/b14-4-,15-12-,18-13-,24-5+. The first-order valence-electron chi connectivity index (χ1n) is 10.6. The third-order valence-corrected chi connectivity index (χ3v) is 5.44. The van der Waals surface area contributed by atoms with Gasteiger partial charge in [-0.05, 0) is 72.0 Å². The van der Waals surface area contributed by atoms with E-state index in [0.717, 1.165) is 22.6 Å². The lowest BCUT2D eigenvalue weighted by Crippen LogP contribution is -2.16. The quantitative estimate of drug-likeness (QED) is 0.396. The molecule has 3 aromatic carbocycles. The summed E-state index contributed by atoms with van der Waals surface area (Å²) in [6.07, 6.45) is 14.8. The van der Waals surface area contributed by atoms with Gasteiger partial charge in [-0.1, -0.05) is 91.6 Å². The molecule has 0 amide bonds. The molecule has 3 aromatic rings. The molecular weight excluding hydrogens is 374 g/mol. The van der Waals surface area contributed by atoms with E-state index in [1.807, 2.05) is 6.07 Å². The Balaban J connectivity index is 2.04. The van der Waals surface area contributed by atoms with Crippen LogP contribution in [0.25, 0.3) is 22.8 Å². The molecule has 31 heavy (non-hydrogen) atoms. The number of rotatable bonds is 4. The summed E-state index contributed by atoms with van der Waals surface area (Å²) in [5, 5.41) is 0. The molecule has 0 atom stereocenters. The van der Waals surface area contributed by atoms with Gasteiger partial charge in [0.25, 0.3) is 0 Å². The molecule has 152 valence electrons. The van der Waals surface area contributed by atoms with Gasteiger partial charge in [0.2, 0.25) is 0 Å². The Bertz CT molecular complexity index is 1190. The molecule has 1 nitrogen and oxygen atoms in total. The Kier molecular flexibility index (Phi) is 6.14. The summed E-state index contributed by atoms with van der Waals surface area (Å²) in [6.45, 7) is 8.52. The van der Waals surface area contributed by atoms with Crippen LogP contribution in [0.1, 0.15) is 25.0 Å². The fourth-order valence-electron chi connectivity index (χ4n) is 3.99. The Morgan fingerprint density at radius 2 is 1.52 bits per heavy atom. The normalized spacial score (nSPS) is 16.0. The van der Waals surface area contributed by atoms with Crippen molar-refractivity contribution in [2.45, 2.75) is 13.8 Å². The van der Waals surface area contributed by atoms with Gasteiger partial charge in [0.1, 0.15) is 0 Å². The molecule has 0 fully saturated rings. The molecular formula is C30H27N. The summed E-state index contributed by atoms with van der Waals surface area (Å²) < 4.78 is 0. The Morgan fingerprint density at radius 3 is 2.19 bits per heavy atom. The first-order chi connectivity index (χ1) is 15.2. The summed E-state index contributed by atoms with van der Waals surface area (Å²) in [6, 6.07) is 25.6. The van der Waals surface area contributed by atoms with Gasteiger partial charge in [0.05, 0.1) is 5.69 Å². The molecule has 1 heteroatoms. The maximum absolute atomic E-state index is 4.36. The van der Waals surface area contributed by atoms with Gasteiger partial charge >= 0.3 is 0 Å². The van der Waals surface area contributed by atoms with E-state index >= 15 is 0 Å². The predicted octanol–water partition coefficient (Wildman–Crippen LogP) is 8.57. The van der Waals surface area contributed by atoms with Crippen LogP contribution in [0.4, 0.5) is 11.4 Å². The van der Waals surface area contributed by atoms with Crippen molar-refractivity contribution in [1.82, 2.24) is 0 Å². The lowest BCUT2D eigenvalue weighted by molar-refractivity contribution is 1.21. The Morgan fingerprint density at radius 1 is 0.839 bits per heavy atom. The van der Waals surface area contributed by atoms with Crippen LogP contribution in [0, 0.1) is 0 Å². The summed E-state index contributed by atoms with van der Waals surface area (Å²) in [5.74, 6) is 0. The number of anilines is 2. The summed E-state index contributed by atoms with van der Waals surface area (Å²) in [4.78, 5) is 2.23. The van der Waals surface area contributed by atoms with E-state index in [4.69, 9.17) is 0 Å². The molecule has 4 rings (SSSR count). The molecule has 0 aromatic heterocycles.